The monoisotopic (exact) mass is 314 g/mol. The number of rotatable bonds is 3. The van der Waals surface area contributed by atoms with E-state index in [2.05, 4.69) is 5.32 Å². The third kappa shape index (κ3) is 2.31. The molecule has 0 saturated heterocycles. The normalized spacial score (nSPS) is 12.7. The molecule has 1 atom stereocenters. The van der Waals surface area contributed by atoms with Gasteiger partial charge in [-0.3, -0.25) is 9.59 Å². The lowest BCUT2D eigenvalue weighted by molar-refractivity contribution is 0.0943. The molecule has 5 heteroatoms. The Morgan fingerprint density at radius 3 is 2.77 bits per heavy atom. The third-order valence-corrected chi connectivity index (χ3v) is 5.16. The van der Waals surface area contributed by atoms with Crippen LogP contribution >= 0.6 is 11.3 Å². The number of nitrogens with one attached hydrogen (secondary N) is 1. The maximum Gasteiger partial charge on any atom is 0.261 e. The van der Waals surface area contributed by atoms with Gasteiger partial charge < -0.3 is 9.88 Å². The molecule has 3 rings (SSSR count). The van der Waals surface area contributed by atoms with Crippen LogP contribution in [0.25, 0.3) is 21.0 Å². The van der Waals surface area contributed by atoms with Crippen LogP contribution in [-0.2, 0) is 7.05 Å². The summed E-state index contributed by atoms with van der Waals surface area (Å²) >= 11 is 1.38. The van der Waals surface area contributed by atoms with Crippen LogP contribution in [0.2, 0.25) is 0 Å². The molecule has 0 fully saturated rings. The Morgan fingerprint density at radius 2 is 2.05 bits per heavy atom. The lowest BCUT2D eigenvalue weighted by Gasteiger charge is -2.09. The predicted molar refractivity (Wildman–Crippen MR) is 91.8 cm³/mol. The maximum absolute atomic E-state index is 12.5. The molecule has 1 N–H and O–H groups in total. The van der Waals surface area contributed by atoms with E-state index in [0.29, 0.717) is 10.3 Å². The van der Waals surface area contributed by atoms with Gasteiger partial charge in [0.05, 0.1) is 15.8 Å². The number of aromatic nitrogens is 1. The Balaban J connectivity index is 2.22. The summed E-state index contributed by atoms with van der Waals surface area (Å²) in [5, 5.41) is 4.57. The summed E-state index contributed by atoms with van der Waals surface area (Å²) in [5.41, 5.74) is 0.822. The zero-order valence-corrected chi connectivity index (χ0v) is 13.7. The molecule has 114 valence electrons. The largest absolute Gasteiger partial charge is 0.349 e. The highest BCUT2D eigenvalue weighted by molar-refractivity contribution is 7.21. The van der Waals surface area contributed by atoms with Gasteiger partial charge in [-0.05, 0) is 25.5 Å². The summed E-state index contributed by atoms with van der Waals surface area (Å²) < 4.78 is 2.52. The number of carbonyl (C=O) groups is 1. The molecule has 0 bridgehead atoms. The van der Waals surface area contributed by atoms with E-state index in [9.17, 15) is 9.59 Å². The number of aryl methyl sites for hydroxylation is 1. The van der Waals surface area contributed by atoms with E-state index in [0.717, 1.165) is 22.0 Å². The Hall–Kier alpha value is -2.14. The number of nitrogens with zero attached hydrogens (tertiary/aromatic N) is 1. The molecule has 3 aromatic rings. The topological polar surface area (TPSA) is 51.1 Å². The highest BCUT2D eigenvalue weighted by Crippen LogP contribution is 2.30. The fraction of sp³-hybridized carbons (Fsp3) is 0.294. The fourth-order valence-corrected chi connectivity index (χ4v) is 3.59. The number of pyridine rings is 1. The molecule has 0 spiro atoms. The van der Waals surface area contributed by atoms with Gasteiger partial charge in [-0.25, -0.2) is 0 Å². The van der Waals surface area contributed by atoms with E-state index in [1.807, 2.05) is 38.1 Å². The van der Waals surface area contributed by atoms with Crippen LogP contribution in [0.1, 0.15) is 29.9 Å². The lowest BCUT2D eigenvalue weighted by Crippen LogP contribution is -2.31. The molecule has 2 heterocycles. The van der Waals surface area contributed by atoms with E-state index in [4.69, 9.17) is 0 Å². The molecule has 0 saturated carbocycles. The lowest BCUT2D eigenvalue weighted by atomic mass is 10.1. The smallest absolute Gasteiger partial charge is 0.261 e. The van der Waals surface area contributed by atoms with Crippen LogP contribution in [0, 0.1) is 0 Å². The molecule has 0 aliphatic heterocycles. The van der Waals surface area contributed by atoms with Crippen molar-refractivity contribution in [3.8, 4) is 0 Å². The third-order valence-electron chi connectivity index (χ3n) is 3.99. The summed E-state index contributed by atoms with van der Waals surface area (Å²) in [5.74, 6) is -0.110. The van der Waals surface area contributed by atoms with Gasteiger partial charge in [0, 0.05) is 23.2 Å². The molecule has 0 aliphatic rings. The molecule has 22 heavy (non-hydrogen) atoms. The van der Waals surface area contributed by atoms with Crippen LogP contribution in [0.4, 0.5) is 0 Å². The van der Waals surface area contributed by atoms with Gasteiger partial charge in [-0.2, -0.15) is 0 Å². The zero-order chi connectivity index (χ0) is 15.9. The highest BCUT2D eigenvalue weighted by atomic mass is 32.1. The van der Waals surface area contributed by atoms with Crippen LogP contribution in [0.15, 0.2) is 35.1 Å². The van der Waals surface area contributed by atoms with Crippen molar-refractivity contribution in [3.05, 3.63) is 45.6 Å². The van der Waals surface area contributed by atoms with Crippen LogP contribution < -0.4 is 10.9 Å². The van der Waals surface area contributed by atoms with Gasteiger partial charge >= 0.3 is 0 Å². The average molecular weight is 314 g/mol. The van der Waals surface area contributed by atoms with E-state index in [1.54, 1.807) is 17.7 Å². The quantitative estimate of drug-likeness (QED) is 0.806. The second kappa shape index (κ2) is 5.57. The molecule has 2 aromatic heterocycles. The number of amides is 1. The average Bonchev–Trinajstić information content (AvgIpc) is 2.98. The van der Waals surface area contributed by atoms with Crippen LogP contribution in [0.5, 0.6) is 0 Å². The Bertz CT molecular complexity index is 923. The Morgan fingerprint density at radius 1 is 1.32 bits per heavy atom. The van der Waals surface area contributed by atoms with E-state index in [-0.39, 0.29) is 17.5 Å². The van der Waals surface area contributed by atoms with Crippen molar-refractivity contribution in [2.24, 2.45) is 7.05 Å². The minimum atomic E-state index is -0.110. The van der Waals surface area contributed by atoms with Crippen LogP contribution in [-0.4, -0.2) is 16.5 Å². The number of thiophene rings is 1. The molecule has 0 unspecified atom stereocenters. The van der Waals surface area contributed by atoms with Crippen molar-refractivity contribution in [2.45, 2.75) is 26.3 Å². The minimum absolute atomic E-state index is 0.0625. The van der Waals surface area contributed by atoms with Crippen molar-refractivity contribution in [1.29, 1.82) is 0 Å². The summed E-state index contributed by atoms with van der Waals surface area (Å²) in [6.45, 7) is 4.00. The van der Waals surface area contributed by atoms with E-state index < -0.39 is 0 Å². The predicted octanol–water partition coefficient (Wildman–Crippen LogP) is 3.28. The molecular weight excluding hydrogens is 296 g/mol. The van der Waals surface area contributed by atoms with Gasteiger partial charge in [0.25, 0.3) is 11.5 Å². The Kier molecular flexibility index (Phi) is 3.74. The van der Waals surface area contributed by atoms with E-state index >= 15 is 0 Å². The minimum Gasteiger partial charge on any atom is -0.349 e. The van der Waals surface area contributed by atoms with Crippen molar-refractivity contribution in [2.75, 3.05) is 0 Å². The van der Waals surface area contributed by atoms with Crippen molar-refractivity contribution < 1.29 is 4.79 Å². The first-order valence-electron chi connectivity index (χ1n) is 7.35. The van der Waals surface area contributed by atoms with Crippen molar-refractivity contribution in [1.82, 2.24) is 9.88 Å². The molecular formula is C17H18N2O2S. The van der Waals surface area contributed by atoms with Gasteiger partial charge in [-0.1, -0.05) is 25.1 Å². The number of fused-ring (bicyclic) bond motifs is 3. The SMILES string of the molecule is CC[C@H](C)NC(=O)c1cc2c(=O)n(C)c3ccccc3c2s1. The summed E-state index contributed by atoms with van der Waals surface area (Å²) in [6, 6.07) is 9.62. The highest BCUT2D eigenvalue weighted by Gasteiger charge is 2.16. The van der Waals surface area contributed by atoms with Crippen molar-refractivity contribution >= 4 is 38.2 Å². The van der Waals surface area contributed by atoms with Gasteiger partial charge in [0.2, 0.25) is 0 Å². The zero-order valence-electron chi connectivity index (χ0n) is 12.8. The first kappa shape index (κ1) is 14.8. The molecule has 4 nitrogen and oxygen atoms in total. The molecule has 0 radical (unpaired) electrons. The maximum atomic E-state index is 12.5. The van der Waals surface area contributed by atoms with E-state index in [1.165, 1.54) is 11.3 Å². The number of hydrogen-bond donors (Lipinski definition) is 1. The van der Waals surface area contributed by atoms with Gasteiger partial charge in [0.1, 0.15) is 0 Å². The molecule has 0 aliphatic carbocycles. The summed E-state index contributed by atoms with van der Waals surface area (Å²) in [7, 11) is 1.76. The number of para-hydroxylation sites is 1. The second-order valence-corrected chi connectivity index (χ2v) is 6.57. The molecule has 1 amide bonds. The van der Waals surface area contributed by atoms with Crippen LogP contribution in [0.3, 0.4) is 0 Å². The van der Waals surface area contributed by atoms with Gasteiger partial charge in [-0.15, -0.1) is 11.3 Å². The summed E-state index contributed by atoms with van der Waals surface area (Å²) in [6.07, 6.45) is 0.876. The molecule has 1 aromatic carbocycles. The first-order chi connectivity index (χ1) is 10.5. The number of hydrogen-bond acceptors (Lipinski definition) is 3. The first-order valence-corrected chi connectivity index (χ1v) is 8.16. The van der Waals surface area contributed by atoms with Crippen molar-refractivity contribution in [3.63, 3.8) is 0 Å². The standard InChI is InChI=1S/C17H18N2O2S/c1-4-10(2)18-16(20)14-9-12-15(22-14)11-7-5-6-8-13(11)19(3)17(12)21/h5-10H,4H2,1-3H3,(H,18,20)/t10-/m0/s1. The number of benzene rings is 1. The fourth-order valence-electron chi connectivity index (χ4n) is 2.51. The Labute approximate surface area is 132 Å². The second-order valence-electron chi connectivity index (χ2n) is 5.52. The number of carbonyl (C=O) groups excluding carboxylic acids is 1. The summed E-state index contributed by atoms with van der Waals surface area (Å²) in [4.78, 5) is 25.4. The van der Waals surface area contributed by atoms with Gasteiger partial charge in [0.15, 0.2) is 0 Å².